The van der Waals surface area contributed by atoms with Crippen molar-refractivity contribution in [2.45, 2.75) is 45.3 Å². The third kappa shape index (κ3) is 5.07. The summed E-state index contributed by atoms with van der Waals surface area (Å²) in [7, 11) is 0. The molecule has 1 fully saturated rings. The lowest BCUT2D eigenvalue weighted by atomic mass is 10.0. The Morgan fingerprint density at radius 2 is 1.90 bits per heavy atom. The van der Waals surface area contributed by atoms with Gasteiger partial charge in [-0.3, -0.25) is 9.69 Å². The number of rotatable bonds is 6. The molecule has 1 aromatic heterocycles. The molecule has 1 atom stereocenters. The van der Waals surface area contributed by atoms with E-state index in [4.69, 9.17) is 0 Å². The van der Waals surface area contributed by atoms with Gasteiger partial charge >= 0.3 is 0 Å². The molecule has 0 radical (unpaired) electrons. The average Bonchev–Trinajstić information content (AvgIpc) is 3.20. The second-order valence-electron chi connectivity index (χ2n) is 7.71. The van der Waals surface area contributed by atoms with Gasteiger partial charge in [-0.2, -0.15) is 4.80 Å². The number of tetrazole rings is 1. The number of likely N-dealkylation sites (tertiary alicyclic amines) is 1. The molecule has 1 saturated heterocycles. The smallest absolute Gasteiger partial charge is 0.248 e. The predicted molar refractivity (Wildman–Crippen MR) is 112 cm³/mol. The van der Waals surface area contributed by atoms with Crippen molar-refractivity contribution >= 4 is 11.6 Å². The van der Waals surface area contributed by atoms with Gasteiger partial charge in [-0.15, -0.1) is 10.2 Å². The van der Waals surface area contributed by atoms with E-state index in [2.05, 4.69) is 44.7 Å². The molecule has 1 unspecified atom stereocenters. The number of carbonyl (C=O) groups excluding carboxylic acids is 1. The molecular formula is C22H25FN6O. The molecule has 3 aromatic rings. The van der Waals surface area contributed by atoms with Crippen LogP contribution < -0.4 is 5.32 Å². The molecule has 1 N–H and O–H groups in total. The molecule has 1 aliphatic heterocycles. The first-order valence-corrected chi connectivity index (χ1v) is 10.2. The summed E-state index contributed by atoms with van der Waals surface area (Å²) in [6.07, 6.45) is 3.85. The Kier molecular flexibility index (Phi) is 6.13. The summed E-state index contributed by atoms with van der Waals surface area (Å²) in [4.78, 5) is 15.9. The van der Waals surface area contributed by atoms with E-state index in [1.807, 2.05) is 12.1 Å². The van der Waals surface area contributed by atoms with Gasteiger partial charge in [0.1, 0.15) is 12.4 Å². The van der Waals surface area contributed by atoms with Crippen LogP contribution >= 0.6 is 0 Å². The van der Waals surface area contributed by atoms with E-state index in [9.17, 15) is 9.18 Å². The van der Waals surface area contributed by atoms with Crippen LogP contribution in [-0.4, -0.2) is 43.6 Å². The zero-order chi connectivity index (χ0) is 20.9. The van der Waals surface area contributed by atoms with Gasteiger partial charge in [0.25, 0.3) is 0 Å². The van der Waals surface area contributed by atoms with Gasteiger partial charge in [0.05, 0.1) is 0 Å². The average molecular weight is 408 g/mol. The highest BCUT2D eigenvalue weighted by molar-refractivity contribution is 5.90. The Morgan fingerprint density at radius 3 is 2.63 bits per heavy atom. The molecular weight excluding hydrogens is 383 g/mol. The third-order valence-electron chi connectivity index (χ3n) is 5.40. The van der Waals surface area contributed by atoms with Gasteiger partial charge in [0.2, 0.25) is 11.7 Å². The zero-order valence-electron chi connectivity index (χ0n) is 17.0. The number of hydrogen-bond donors (Lipinski definition) is 1. The van der Waals surface area contributed by atoms with Gasteiger partial charge in [-0.1, -0.05) is 30.7 Å². The van der Waals surface area contributed by atoms with Gasteiger partial charge in [0, 0.05) is 23.8 Å². The minimum Gasteiger partial charge on any atom is -0.324 e. The summed E-state index contributed by atoms with van der Waals surface area (Å²) in [5, 5.41) is 15.0. The van der Waals surface area contributed by atoms with E-state index in [0.29, 0.717) is 17.6 Å². The van der Waals surface area contributed by atoms with Crippen molar-refractivity contribution in [2.75, 3.05) is 11.9 Å². The Morgan fingerprint density at radius 1 is 1.13 bits per heavy atom. The van der Waals surface area contributed by atoms with Crippen molar-refractivity contribution < 1.29 is 9.18 Å². The number of nitrogens with one attached hydrogen (secondary N) is 1. The van der Waals surface area contributed by atoms with E-state index < -0.39 is 0 Å². The molecule has 156 valence electrons. The summed E-state index contributed by atoms with van der Waals surface area (Å²) in [6.45, 7) is 4.32. The van der Waals surface area contributed by atoms with Gasteiger partial charge in [0.15, 0.2) is 0 Å². The number of piperidine rings is 1. The molecule has 0 aliphatic carbocycles. The first kappa shape index (κ1) is 20.2. The number of amides is 1. The Balaban J connectivity index is 1.35. The van der Waals surface area contributed by atoms with Crippen LogP contribution in [-0.2, 0) is 17.9 Å². The third-order valence-corrected chi connectivity index (χ3v) is 5.40. The van der Waals surface area contributed by atoms with E-state index in [0.717, 1.165) is 18.7 Å². The molecule has 30 heavy (non-hydrogen) atoms. The maximum Gasteiger partial charge on any atom is 0.248 e. The first-order valence-electron chi connectivity index (χ1n) is 10.2. The maximum atomic E-state index is 12.9. The molecule has 0 saturated carbocycles. The van der Waals surface area contributed by atoms with Gasteiger partial charge < -0.3 is 5.32 Å². The fraction of sp³-hybridized carbons (Fsp3) is 0.364. The first-order chi connectivity index (χ1) is 14.6. The van der Waals surface area contributed by atoms with Crippen molar-refractivity contribution in [1.29, 1.82) is 0 Å². The quantitative estimate of drug-likeness (QED) is 0.676. The van der Waals surface area contributed by atoms with E-state index >= 15 is 0 Å². The Bertz CT molecular complexity index is 986. The van der Waals surface area contributed by atoms with Crippen LogP contribution in [0.15, 0.2) is 48.5 Å². The van der Waals surface area contributed by atoms with Crippen LogP contribution in [0.3, 0.4) is 0 Å². The normalized spacial score (nSPS) is 17.1. The van der Waals surface area contributed by atoms with Crippen LogP contribution in [0.5, 0.6) is 0 Å². The number of nitrogens with zero attached hydrogens (tertiary/aromatic N) is 5. The summed E-state index contributed by atoms with van der Waals surface area (Å²) >= 11 is 0. The highest BCUT2D eigenvalue weighted by Gasteiger charge is 2.18. The highest BCUT2D eigenvalue weighted by Crippen LogP contribution is 2.21. The largest absolute Gasteiger partial charge is 0.324 e. The molecule has 0 spiro atoms. The van der Waals surface area contributed by atoms with Crippen molar-refractivity contribution in [1.82, 2.24) is 25.1 Å². The number of carbonyl (C=O) groups is 1. The van der Waals surface area contributed by atoms with Crippen LogP contribution in [0.25, 0.3) is 11.4 Å². The van der Waals surface area contributed by atoms with E-state index in [1.54, 1.807) is 0 Å². The molecule has 2 aromatic carbocycles. The van der Waals surface area contributed by atoms with E-state index in [1.165, 1.54) is 53.9 Å². The monoisotopic (exact) mass is 408 g/mol. The lowest BCUT2D eigenvalue weighted by Gasteiger charge is -2.33. The SMILES string of the molecule is CC1CCCCN1Cc1ccc(-c2nnn(CC(=O)Nc3ccc(F)cc3)n2)cc1. The minimum atomic E-state index is -0.355. The summed E-state index contributed by atoms with van der Waals surface area (Å²) < 4.78 is 12.9. The van der Waals surface area contributed by atoms with Crippen LogP contribution in [0, 0.1) is 5.82 Å². The fourth-order valence-electron chi connectivity index (χ4n) is 3.67. The van der Waals surface area contributed by atoms with Gasteiger partial charge in [-0.05, 0) is 61.4 Å². The number of hydrogen-bond acceptors (Lipinski definition) is 5. The summed E-state index contributed by atoms with van der Waals surface area (Å²) in [5.41, 5.74) is 2.63. The number of benzene rings is 2. The van der Waals surface area contributed by atoms with Crippen molar-refractivity contribution in [3.05, 3.63) is 59.9 Å². The van der Waals surface area contributed by atoms with Gasteiger partial charge in [-0.25, -0.2) is 4.39 Å². The van der Waals surface area contributed by atoms with E-state index in [-0.39, 0.29) is 18.3 Å². The second kappa shape index (κ2) is 9.13. The van der Waals surface area contributed by atoms with Crippen LogP contribution in [0.2, 0.25) is 0 Å². The Hall–Kier alpha value is -3.13. The summed E-state index contributed by atoms with van der Waals surface area (Å²) in [6, 6.07) is 14.4. The molecule has 1 amide bonds. The van der Waals surface area contributed by atoms with Crippen LogP contribution in [0.1, 0.15) is 31.7 Å². The highest BCUT2D eigenvalue weighted by atomic mass is 19.1. The number of aromatic nitrogens is 4. The number of halogens is 1. The summed E-state index contributed by atoms with van der Waals surface area (Å²) in [5.74, 6) is -0.189. The van der Waals surface area contributed by atoms with Crippen molar-refractivity contribution in [3.63, 3.8) is 0 Å². The minimum absolute atomic E-state index is 0.0741. The molecule has 0 bridgehead atoms. The molecule has 8 heteroatoms. The molecule has 2 heterocycles. The standard InChI is InChI=1S/C22H25FN6O/c1-16-4-2-3-13-28(16)14-17-5-7-18(8-6-17)22-25-27-29(26-22)15-21(30)24-20-11-9-19(23)10-12-20/h5-12,16H,2-4,13-15H2,1H3,(H,24,30). The van der Waals surface area contributed by atoms with Crippen LogP contribution in [0.4, 0.5) is 10.1 Å². The molecule has 1 aliphatic rings. The lowest BCUT2D eigenvalue weighted by molar-refractivity contribution is -0.117. The fourth-order valence-corrected chi connectivity index (χ4v) is 3.67. The lowest BCUT2D eigenvalue weighted by Crippen LogP contribution is -2.36. The second-order valence-corrected chi connectivity index (χ2v) is 7.71. The molecule has 4 rings (SSSR count). The predicted octanol–water partition coefficient (Wildman–Crippen LogP) is 3.49. The van der Waals surface area contributed by atoms with Crippen molar-refractivity contribution in [3.8, 4) is 11.4 Å². The zero-order valence-corrected chi connectivity index (χ0v) is 17.0. The molecule has 7 nitrogen and oxygen atoms in total. The number of anilines is 1. The topological polar surface area (TPSA) is 75.9 Å². The maximum absolute atomic E-state index is 12.9. The van der Waals surface area contributed by atoms with Crippen molar-refractivity contribution in [2.24, 2.45) is 0 Å². The Labute approximate surface area is 174 Å².